The quantitative estimate of drug-likeness (QED) is 0.616. The maximum Gasteiger partial charge on any atom is 0.305 e. The van der Waals surface area contributed by atoms with Crippen LogP contribution < -0.4 is 5.32 Å². The lowest BCUT2D eigenvalue weighted by molar-refractivity contribution is -0.143. The van der Waals surface area contributed by atoms with E-state index in [1.807, 2.05) is 13.0 Å². The summed E-state index contributed by atoms with van der Waals surface area (Å²) in [5.74, 6) is 0.183. The molecule has 2 rings (SSSR count). The number of hydrogen-bond acceptors (Lipinski definition) is 3. The molecule has 0 aromatic heterocycles. The molecule has 1 aliphatic rings. The summed E-state index contributed by atoms with van der Waals surface area (Å²) in [6.45, 7) is 3.10. The predicted octanol–water partition coefficient (Wildman–Crippen LogP) is 3.00. The molecule has 1 fully saturated rings. The fourth-order valence-electron chi connectivity index (χ4n) is 2.59. The molecule has 1 saturated carbocycles. The largest absolute Gasteiger partial charge is 0.466 e. The summed E-state index contributed by atoms with van der Waals surface area (Å²) in [5.41, 5.74) is 1.09. The molecule has 1 aliphatic carbocycles. The third-order valence-corrected chi connectivity index (χ3v) is 3.75. The van der Waals surface area contributed by atoms with Gasteiger partial charge in [-0.1, -0.05) is 12.1 Å². The first-order valence-electron chi connectivity index (χ1n) is 7.33. The fraction of sp³-hybridized carbons (Fsp3) is 0.562. The first kappa shape index (κ1) is 15.0. The zero-order chi connectivity index (χ0) is 14.4. The SMILES string of the molecule is CCOC(=O)CCCNC1CC(c2cccc(F)c2)C1. The normalized spacial score (nSPS) is 21.3. The molecule has 0 saturated heterocycles. The third kappa shape index (κ3) is 4.30. The first-order chi connectivity index (χ1) is 9.69. The van der Waals surface area contributed by atoms with Crippen LogP contribution in [0.3, 0.4) is 0 Å². The molecule has 0 aliphatic heterocycles. The summed E-state index contributed by atoms with van der Waals surface area (Å²) in [6, 6.07) is 7.36. The highest BCUT2D eigenvalue weighted by Crippen LogP contribution is 2.36. The van der Waals surface area contributed by atoms with Gasteiger partial charge in [-0.2, -0.15) is 0 Å². The van der Waals surface area contributed by atoms with Crippen molar-refractivity contribution in [1.82, 2.24) is 5.32 Å². The highest BCUT2D eigenvalue weighted by atomic mass is 19.1. The van der Waals surface area contributed by atoms with Crippen LogP contribution in [0.4, 0.5) is 4.39 Å². The fourth-order valence-corrected chi connectivity index (χ4v) is 2.59. The Hall–Kier alpha value is -1.42. The number of ether oxygens (including phenoxy) is 1. The molecule has 20 heavy (non-hydrogen) atoms. The van der Waals surface area contributed by atoms with E-state index in [0.717, 1.165) is 31.4 Å². The van der Waals surface area contributed by atoms with Crippen molar-refractivity contribution < 1.29 is 13.9 Å². The number of hydrogen-bond donors (Lipinski definition) is 1. The monoisotopic (exact) mass is 279 g/mol. The van der Waals surface area contributed by atoms with Gasteiger partial charge in [-0.25, -0.2) is 4.39 Å². The van der Waals surface area contributed by atoms with Crippen molar-refractivity contribution in [2.75, 3.05) is 13.2 Å². The van der Waals surface area contributed by atoms with Crippen molar-refractivity contribution in [3.05, 3.63) is 35.6 Å². The standard InChI is InChI=1S/C16H22FNO2/c1-2-20-16(19)7-4-8-18-15-10-13(11-15)12-5-3-6-14(17)9-12/h3,5-6,9,13,15,18H,2,4,7-8,10-11H2,1H3. The van der Waals surface area contributed by atoms with E-state index in [1.54, 1.807) is 12.1 Å². The van der Waals surface area contributed by atoms with Crippen molar-refractivity contribution in [2.45, 2.75) is 44.6 Å². The lowest BCUT2D eigenvalue weighted by Gasteiger charge is -2.36. The van der Waals surface area contributed by atoms with Crippen LogP contribution >= 0.6 is 0 Å². The number of carbonyl (C=O) groups is 1. The van der Waals surface area contributed by atoms with E-state index < -0.39 is 0 Å². The minimum Gasteiger partial charge on any atom is -0.466 e. The Morgan fingerprint density at radius 2 is 2.25 bits per heavy atom. The molecule has 0 spiro atoms. The van der Waals surface area contributed by atoms with Gasteiger partial charge in [0.2, 0.25) is 0 Å². The summed E-state index contributed by atoms with van der Waals surface area (Å²) in [5, 5.41) is 3.43. The number of benzene rings is 1. The van der Waals surface area contributed by atoms with Gasteiger partial charge in [-0.05, 0) is 56.3 Å². The second kappa shape index (κ2) is 7.39. The minimum absolute atomic E-state index is 0.124. The Morgan fingerprint density at radius 3 is 2.95 bits per heavy atom. The van der Waals surface area contributed by atoms with E-state index in [-0.39, 0.29) is 11.8 Å². The molecule has 0 radical (unpaired) electrons. The maximum absolute atomic E-state index is 13.1. The number of esters is 1. The Balaban J connectivity index is 1.59. The van der Waals surface area contributed by atoms with Crippen LogP contribution in [0.25, 0.3) is 0 Å². The van der Waals surface area contributed by atoms with E-state index in [4.69, 9.17) is 4.74 Å². The van der Waals surface area contributed by atoms with Crippen molar-refractivity contribution >= 4 is 5.97 Å². The van der Waals surface area contributed by atoms with E-state index >= 15 is 0 Å². The second-order valence-electron chi connectivity index (χ2n) is 5.28. The molecule has 0 heterocycles. The molecule has 4 heteroatoms. The van der Waals surface area contributed by atoms with Gasteiger partial charge in [0.05, 0.1) is 6.61 Å². The van der Waals surface area contributed by atoms with Crippen LogP contribution in [0.2, 0.25) is 0 Å². The molecular weight excluding hydrogens is 257 g/mol. The Kier molecular flexibility index (Phi) is 5.53. The highest BCUT2D eigenvalue weighted by Gasteiger charge is 2.29. The molecule has 110 valence electrons. The van der Waals surface area contributed by atoms with Crippen LogP contribution in [-0.4, -0.2) is 25.2 Å². The van der Waals surface area contributed by atoms with Gasteiger partial charge in [0.1, 0.15) is 5.82 Å². The van der Waals surface area contributed by atoms with E-state index in [0.29, 0.717) is 25.0 Å². The predicted molar refractivity (Wildman–Crippen MR) is 76.0 cm³/mol. The van der Waals surface area contributed by atoms with E-state index in [2.05, 4.69) is 5.32 Å². The van der Waals surface area contributed by atoms with Crippen molar-refractivity contribution in [3.63, 3.8) is 0 Å². The minimum atomic E-state index is -0.159. The van der Waals surface area contributed by atoms with Crippen molar-refractivity contribution in [2.24, 2.45) is 0 Å². The van der Waals surface area contributed by atoms with Gasteiger partial charge >= 0.3 is 5.97 Å². The van der Waals surface area contributed by atoms with Crippen LogP contribution in [0.1, 0.15) is 44.1 Å². The highest BCUT2D eigenvalue weighted by molar-refractivity contribution is 5.69. The summed E-state index contributed by atoms with van der Waals surface area (Å²) >= 11 is 0. The van der Waals surface area contributed by atoms with E-state index in [1.165, 1.54) is 6.07 Å². The smallest absolute Gasteiger partial charge is 0.305 e. The average Bonchev–Trinajstić information content (AvgIpc) is 2.36. The van der Waals surface area contributed by atoms with Crippen LogP contribution in [0, 0.1) is 5.82 Å². The Morgan fingerprint density at radius 1 is 1.45 bits per heavy atom. The van der Waals surface area contributed by atoms with Crippen LogP contribution in [0.15, 0.2) is 24.3 Å². The zero-order valence-electron chi connectivity index (χ0n) is 11.9. The average molecular weight is 279 g/mol. The Labute approximate surface area is 119 Å². The Bertz CT molecular complexity index is 444. The number of nitrogens with one attached hydrogen (secondary N) is 1. The summed E-state index contributed by atoms with van der Waals surface area (Å²) in [6.07, 6.45) is 3.37. The second-order valence-corrected chi connectivity index (χ2v) is 5.28. The summed E-state index contributed by atoms with van der Waals surface area (Å²) in [4.78, 5) is 11.2. The van der Waals surface area contributed by atoms with Crippen LogP contribution in [-0.2, 0) is 9.53 Å². The number of rotatable bonds is 7. The molecule has 3 nitrogen and oxygen atoms in total. The van der Waals surface area contributed by atoms with Gasteiger partial charge in [0.15, 0.2) is 0 Å². The zero-order valence-corrected chi connectivity index (χ0v) is 11.9. The molecule has 1 aromatic carbocycles. The first-order valence-corrected chi connectivity index (χ1v) is 7.33. The molecule has 0 amide bonds. The molecule has 1 N–H and O–H groups in total. The van der Waals surface area contributed by atoms with Gasteiger partial charge in [0, 0.05) is 12.5 Å². The molecule has 0 unspecified atom stereocenters. The van der Waals surface area contributed by atoms with Gasteiger partial charge in [0.25, 0.3) is 0 Å². The van der Waals surface area contributed by atoms with Gasteiger partial charge in [-0.15, -0.1) is 0 Å². The maximum atomic E-state index is 13.1. The number of halogens is 1. The lowest BCUT2D eigenvalue weighted by Crippen LogP contribution is -2.40. The topological polar surface area (TPSA) is 38.3 Å². The third-order valence-electron chi connectivity index (χ3n) is 3.75. The molecule has 1 aromatic rings. The summed E-state index contributed by atoms with van der Waals surface area (Å²) < 4.78 is 18.0. The van der Waals surface area contributed by atoms with Crippen molar-refractivity contribution in [1.29, 1.82) is 0 Å². The van der Waals surface area contributed by atoms with Crippen LogP contribution in [0.5, 0.6) is 0 Å². The van der Waals surface area contributed by atoms with Crippen molar-refractivity contribution in [3.8, 4) is 0 Å². The summed E-state index contributed by atoms with van der Waals surface area (Å²) in [7, 11) is 0. The molecule has 0 atom stereocenters. The lowest BCUT2D eigenvalue weighted by atomic mass is 9.76. The molecule has 0 bridgehead atoms. The van der Waals surface area contributed by atoms with Gasteiger partial charge < -0.3 is 10.1 Å². The van der Waals surface area contributed by atoms with E-state index in [9.17, 15) is 9.18 Å². The molecular formula is C16H22FNO2. The van der Waals surface area contributed by atoms with Gasteiger partial charge in [-0.3, -0.25) is 4.79 Å². The number of carbonyl (C=O) groups excluding carboxylic acids is 1.